The Hall–Kier alpha value is -1.97. The Morgan fingerprint density at radius 1 is 0.632 bits per heavy atom. The number of imidazole rings is 2. The molecule has 97 valence electrons. The minimum atomic E-state index is 0. The molecule has 2 N–H and O–H groups in total. The molecule has 0 amide bonds. The van der Waals surface area contributed by atoms with E-state index in [-0.39, 0.29) is 20.1 Å². The van der Waals surface area contributed by atoms with Crippen LogP contribution in [0.1, 0.15) is 0 Å². The molecular formula is C14H12IrN4. The molecule has 5 heteroatoms. The predicted molar refractivity (Wildman–Crippen MR) is 72.2 cm³/mol. The van der Waals surface area contributed by atoms with Gasteiger partial charge in [0.2, 0.25) is 0 Å². The van der Waals surface area contributed by atoms with Crippen molar-refractivity contribution in [3.05, 3.63) is 61.2 Å². The van der Waals surface area contributed by atoms with E-state index in [0.717, 1.165) is 22.1 Å². The van der Waals surface area contributed by atoms with Gasteiger partial charge in [0.15, 0.2) is 0 Å². The van der Waals surface area contributed by atoms with Gasteiger partial charge in [0.25, 0.3) is 0 Å². The molecule has 0 unspecified atom stereocenters. The fraction of sp³-hybridized carbons (Fsp3) is 0. The number of H-pyrrole nitrogens is 2. The van der Waals surface area contributed by atoms with Gasteiger partial charge in [0, 0.05) is 20.1 Å². The second kappa shape index (κ2) is 6.27. The first-order chi connectivity index (χ1) is 8.93. The van der Waals surface area contributed by atoms with Crippen molar-refractivity contribution < 1.29 is 20.1 Å². The molecule has 0 aliphatic carbocycles. The summed E-state index contributed by atoms with van der Waals surface area (Å²) >= 11 is 0. The Kier molecular flexibility index (Phi) is 4.44. The molecule has 4 rings (SSSR count). The zero-order chi connectivity index (χ0) is 12.2. The van der Waals surface area contributed by atoms with E-state index in [1.165, 1.54) is 0 Å². The summed E-state index contributed by atoms with van der Waals surface area (Å²) in [5.41, 5.74) is 4.24. The van der Waals surface area contributed by atoms with E-state index in [1.807, 2.05) is 48.5 Å². The van der Waals surface area contributed by atoms with Crippen LogP contribution in [0.15, 0.2) is 61.2 Å². The maximum atomic E-state index is 4.06. The van der Waals surface area contributed by atoms with Gasteiger partial charge in [-0.2, -0.15) is 0 Å². The van der Waals surface area contributed by atoms with Crippen molar-refractivity contribution in [2.75, 3.05) is 0 Å². The van der Waals surface area contributed by atoms with E-state index in [9.17, 15) is 0 Å². The normalized spacial score (nSPS) is 9.68. The van der Waals surface area contributed by atoms with Crippen LogP contribution < -0.4 is 0 Å². The van der Waals surface area contributed by atoms with Gasteiger partial charge in [0.05, 0.1) is 34.7 Å². The fourth-order valence-electron chi connectivity index (χ4n) is 1.76. The predicted octanol–water partition coefficient (Wildman–Crippen LogP) is 3.12. The number of hydrogen-bond donors (Lipinski definition) is 2. The van der Waals surface area contributed by atoms with E-state index >= 15 is 0 Å². The summed E-state index contributed by atoms with van der Waals surface area (Å²) in [6.45, 7) is 0. The molecule has 4 nitrogen and oxygen atoms in total. The molecule has 19 heavy (non-hydrogen) atoms. The number of rotatable bonds is 0. The molecule has 0 saturated heterocycles. The number of nitrogens with zero attached hydrogens (tertiary/aromatic N) is 2. The molecule has 0 aliphatic heterocycles. The topological polar surface area (TPSA) is 57.4 Å². The molecule has 2 aromatic carbocycles. The summed E-state index contributed by atoms with van der Waals surface area (Å²) in [7, 11) is 0. The Morgan fingerprint density at radius 2 is 1.05 bits per heavy atom. The third-order valence-electron chi connectivity index (χ3n) is 2.66. The number of benzene rings is 2. The first-order valence-electron chi connectivity index (χ1n) is 5.70. The van der Waals surface area contributed by atoms with Crippen LogP contribution >= 0.6 is 0 Å². The summed E-state index contributed by atoms with van der Waals surface area (Å²) in [4.78, 5) is 14.1. The Labute approximate surface area is 123 Å². The Balaban J connectivity index is 0.000000133. The molecule has 1 radical (unpaired) electrons. The van der Waals surface area contributed by atoms with Crippen molar-refractivity contribution in [2.24, 2.45) is 0 Å². The standard InChI is InChI=1S/2C7H6N2.Ir/c2*1-2-4-7-6(3-1)8-5-9-7;/h2*1-5H,(H,8,9);. The van der Waals surface area contributed by atoms with Gasteiger partial charge in [-0.05, 0) is 24.3 Å². The van der Waals surface area contributed by atoms with E-state index in [4.69, 9.17) is 0 Å². The average molecular weight is 428 g/mol. The first-order valence-corrected chi connectivity index (χ1v) is 5.70. The second-order valence-corrected chi connectivity index (χ2v) is 3.84. The maximum absolute atomic E-state index is 4.06. The number of para-hydroxylation sites is 4. The van der Waals surface area contributed by atoms with E-state index in [2.05, 4.69) is 19.9 Å². The summed E-state index contributed by atoms with van der Waals surface area (Å²) in [6, 6.07) is 15.9. The fourth-order valence-corrected chi connectivity index (χ4v) is 1.76. The number of aromatic amines is 2. The van der Waals surface area contributed by atoms with Crippen molar-refractivity contribution in [2.45, 2.75) is 0 Å². The second-order valence-electron chi connectivity index (χ2n) is 3.84. The van der Waals surface area contributed by atoms with Crippen LogP contribution in [0.25, 0.3) is 22.1 Å². The van der Waals surface area contributed by atoms with Crippen molar-refractivity contribution in [1.29, 1.82) is 0 Å². The monoisotopic (exact) mass is 429 g/mol. The number of fused-ring (bicyclic) bond motifs is 2. The molecule has 4 aromatic rings. The van der Waals surface area contributed by atoms with Gasteiger partial charge in [-0.25, -0.2) is 9.97 Å². The molecule has 0 bridgehead atoms. The van der Waals surface area contributed by atoms with Gasteiger partial charge in [-0.15, -0.1) is 0 Å². The number of hydrogen-bond acceptors (Lipinski definition) is 2. The number of aromatic nitrogens is 4. The molecular weight excluding hydrogens is 416 g/mol. The molecule has 0 fully saturated rings. The third kappa shape index (κ3) is 3.08. The van der Waals surface area contributed by atoms with Crippen molar-refractivity contribution >= 4 is 22.1 Å². The van der Waals surface area contributed by atoms with E-state index in [1.54, 1.807) is 12.7 Å². The van der Waals surface area contributed by atoms with E-state index < -0.39 is 0 Å². The van der Waals surface area contributed by atoms with Crippen molar-refractivity contribution in [3.63, 3.8) is 0 Å². The Morgan fingerprint density at radius 3 is 1.47 bits per heavy atom. The van der Waals surface area contributed by atoms with Crippen LogP contribution in [-0.2, 0) is 20.1 Å². The van der Waals surface area contributed by atoms with E-state index in [0.29, 0.717) is 0 Å². The smallest absolute Gasteiger partial charge is 0.0931 e. The Bertz CT molecular complexity index is 633. The molecule has 2 heterocycles. The SMILES string of the molecule is [Ir].c1ccc2[nH]cnc2c1.c1ccc2[nH]cnc2c1. The van der Waals surface area contributed by atoms with Gasteiger partial charge >= 0.3 is 0 Å². The summed E-state index contributed by atoms with van der Waals surface area (Å²) in [6.07, 6.45) is 3.40. The molecule has 0 atom stereocenters. The molecule has 0 saturated carbocycles. The van der Waals surface area contributed by atoms with Crippen LogP contribution in [-0.4, -0.2) is 19.9 Å². The summed E-state index contributed by atoms with van der Waals surface area (Å²) in [5, 5.41) is 0. The summed E-state index contributed by atoms with van der Waals surface area (Å²) in [5.74, 6) is 0. The van der Waals surface area contributed by atoms with Gasteiger partial charge in [-0.3, -0.25) is 0 Å². The zero-order valence-corrected chi connectivity index (χ0v) is 12.4. The van der Waals surface area contributed by atoms with Crippen LogP contribution in [0.4, 0.5) is 0 Å². The van der Waals surface area contributed by atoms with Crippen LogP contribution in [0.2, 0.25) is 0 Å². The van der Waals surface area contributed by atoms with Crippen molar-refractivity contribution in [3.8, 4) is 0 Å². The van der Waals surface area contributed by atoms with Crippen molar-refractivity contribution in [1.82, 2.24) is 19.9 Å². The zero-order valence-electron chi connectivity index (χ0n) is 10.0. The first kappa shape index (κ1) is 13.5. The molecule has 0 aliphatic rings. The third-order valence-corrected chi connectivity index (χ3v) is 2.66. The van der Waals surface area contributed by atoms with Crippen LogP contribution in [0.5, 0.6) is 0 Å². The van der Waals surface area contributed by atoms with Gasteiger partial charge in [0.1, 0.15) is 0 Å². The molecule has 2 aromatic heterocycles. The van der Waals surface area contributed by atoms with Gasteiger partial charge < -0.3 is 9.97 Å². The van der Waals surface area contributed by atoms with Gasteiger partial charge in [-0.1, -0.05) is 24.3 Å². The quantitative estimate of drug-likeness (QED) is 0.452. The molecule has 0 spiro atoms. The van der Waals surface area contributed by atoms with Crippen LogP contribution in [0.3, 0.4) is 0 Å². The number of nitrogens with one attached hydrogen (secondary N) is 2. The maximum Gasteiger partial charge on any atom is 0.0931 e. The minimum Gasteiger partial charge on any atom is -0.345 e. The largest absolute Gasteiger partial charge is 0.345 e. The average Bonchev–Trinajstić information content (AvgIpc) is 3.08. The van der Waals surface area contributed by atoms with Crippen LogP contribution in [0, 0.1) is 0 Å². The summed E-state index contributed by atoms with van der Waals surface area (Å²) < 4.78 is 0. The minimum absolute atomic E-state index is 0.